The molecule has 0 fully saturated rings. The molecule has 0 aliphatic carbocycles. The van der Waals surface area contributed by atoms with Crippen molar-refractivity contribution in [1.82, 2.24) is 20.5 Å². The fourth-order valence-electron chi connectivity index (χ4n) is 2.00. The van der Waals surface area contributed by atoms with E-state index in [1.165, 1.54) is 0 Å². The summed E-state index contributed by atoms with van der Waals surface area (Å²) < 4.78 is 0. The molecule has 22 heavy (non-hydrogen) atoms. The lowest BCUT2D eigenvalue weighted by Gasteiger charge is -2.16. The van der Waals surface area contributed by atoms with Crippen molar-refractivity contribution in [2.24, 2.45) is 0 Å². The van der Waals surface area contributed by atoms with Gasteiger partial charge in [-0.2, -0.15) is 5.10 Å². The standard InChI is InChI=1S/C16H22N4O2/c1-11-18-14(20-19-11)10-17-15(21)13-6-4-12(5-7-13)8-9-16(2,3)22/h4-7,22H,8-10H2,1-3H3,(H,17,21)(H,18,19,20). The molecule has 0 bridgehead atoms. The molecule has 6 heteroatoms. The number of H-pyrrole nitrogens is 1. The van der Waals surface area contributed by atoms with Gasteiger partial charge in [0.25, 0.3) is 5.91 Å². The fourth-order valence-corrected chi connectivity index (χ4v) is 2.00. The molecule has 0 saturated heterocycles. The Morgan fingerprint density at radius 1 is 1.32 bits per heavy atom. The number of hydrogen-bond donors (Lipinski definition) is 3. The molecular formula is C16H22N4O2. The van der Waals surface area contributed by atoms with Gasteiger partial charge in [-0.1, -0.05) is 12.1 Å². The molecule has 0 spiro atoms. The highest BCUT2D eigenvalue weighted by molar-refractivity contribution is 5.94. The van der Waals surface area contributed by atoms with Crippen LogP contribution in [0.25, 0.3) is 0 Å². The van der Waals surface area contributed by atoms with Gasteiger partial charge in [-0.3, -0.25) is 9.89 Å². The zero-order valence-corrected chi connectivity index (χ0v) is 13.2. The van der Waals surface area contributed by atoms with E-state index in [4.69, 9.17) is 0 Å². The van der Waals surface area contributed by atoms with E-state index in [0.29, 0.717) is 24.4 Å². The summed E-state index contributed by atoms with van der Waals surface area (Å²) in [7, 11) is 0. The summed E-state index contributed by atoms with van der Waals surface area (Å²) in [5, 5.41) is 19.2. The van der Waals surface area contributed by atoms with Crippen molar-refractivity contribution in [3.63, 3.8) is 0 Å². The summed E-state index contributed by atoms with van der Waals surface area (Å²) in [6.45, 7) is 5.69. The van der Waals surface area contributed by atoms with Crippen LogP contribution >= 0.6 is 0 Å². The molecule has 2 aromatic rings. The van der Waals surface area contributed by atoms with Crippen LogP contribution in [0, 0.1) is 6.92 Å². The van der Waals surface area contributed by atoms with Crippen LogP contribution in [-0.2, 0) is 13.0 Å². The molecule has 1 amide bonds. The van der Waals surface area contributed by atoms with E-state index in [-0.39, 0.29) is 5.91 Å². The second-order valence-electron chi connectivity index (χ2n) is 6.03. The molecule has 0 atom stereocenters. The van der Waals surface area contributed by atoms with E-state index >= 15 is 0 Å². The highest BCUT2D eigenvalue weighted by Crippen LogP contribution is 2.13. The van der Waals surface area contributed by atoms with Gasteiger partial charge >= 0.3 is 0 Å². The first-order valence-corrected chi connectivity index (χ1v) is 7.31. The van der Waals surface area contributed by atoms with Crippen LogP contribution in [-0.4, -0.2) is 31.8 Å². The van der Waals surface area contributed by atoms with E-state index in [2.05, 4.69) is 20.5 Å². The molecule has 0 unspecified atom stereocenters. The van der Waals surface area contributed by atoms with E-state index in [1.54, 1.807) is 26.0 Å². The number of hydrogen-bond acceptors (Lipinski definition) is 4. The van der Waals surface area contributed by atoms with Crippen molar-refractivity contribution in [1.29, 1.82) is 0 Å². The number of aromatic nitrogens is 3. The molecule has 0 saturated carbocycles. The maximum absolute atomic E-state index is 12.0. The summed E-state index contributed by atoms with van der Waals surface area (Å²) in [5.41, 5.74) is 1.02. The average Bonchev–Trinajstić information content (AvgIpc) is 2.88. The molecule has 1 aromatic carbocycles. The third-order valence-electron chi connectivity index (χ3n) is 3.29. The monoisotopic (exact) mass is 302 g/mol. The van der Waals surface area contributed by atoms with Gasteiger partial charge in [0, 0.05) is 5.56 Å². The molecule has 118 valence electrons. The number of rotatable bonds is 6. The Hall–Kier alpha value is -2.21. The highest BCUT2D eigenvalue weighted by Gasteiger charge is 2.12. The normalized spacial score (nSPS) is 11.5. The van der Waals surface area contributed by atoms with Crippen LogP contribution < -0.4 is 5.32 Å². The van der Waals surface area contributed by atoms with Crippen LogP contribution in [0.15, 0.2) is 24.3 Å². The topological polar surface area (TPSA) is 90.9 Å². The number of nitrogens with zero attached hydrogens (tertiary/aromatic N) is 2. The smallest absolute Gasteiger partial charge is 0.251 e. The number of aryl methyl sites for hydroxylation is 2. The van der Waals surface area contributed by atoms with Gasteiger partial charge < -0.3 is 10.4 Å². The van der Waals surface area contributed by atoms with Crippen molar-refractivity contribution in [2.75, 3.05) is 0 Å². The number of benzene rings is 1. The molecule has 3 N–H and O–H groups in total. The Labute approximate surface area is 130 Å². The zero-order chi connectivity index (χ0) is 16.2. The van der Waals surface area contributed by atoms with Crippen LogP contribution in [0.5, 0.6) is 0 Å². The van der Waals surface area contributed by atoms with Crippen molar-refractivity contribution >= 4 is 5.91 Å². The first kappa shape index (κ1) is 16.2. The molecule has 6 nitrogen and oxygen atoms in total. The quantitative estimate of drug-likeness (QED) is 0.758. The summed E-state index contributed by atoms with van der Waals surface area (Å²) in [5.74, 6) is 1.13. The predicted octanol–water partition coefficient (Wildman–Crippen LogP) is 1.75. The molecule has 0 aliphatic rings. The fraction of sp³-hybridized carbons (Fsp3) is 0.438. The summed E-state index contributed by atoms with van der Waals surface area (Å²) in [6.07, 6.45) is 1.46. The molecule has 0 radical (unpaired) electrons. The Morgan fingerprint density at radius 3 is 2.55 bits per heavy atom. The lowest BCUT2D eigenvalue weighted by atomic mass is 9.98. The Balaban J connectivity index is 1.88. The molecule has 1 aromatic heterocycles. The van der Waals surface area contributed by atoms with Gasteiger partial charge in [-0.05, 0) is 51.3 Å². The Bertz CT molecular complexity index is 626. The number of amides is 1. The van der Waals surface area contributed by atoms with Gasteiger partial charge in [0.2, 0.25) is 0 Å². The SMILES string of the molecule is Cc1nc(CNC(=O)c2ccc(CCC(C)(C)O)cc2)n[nH]1. The Kier molecular flexibility index (Phi) is 4.92. The minimum atomic E-state index is -0.676. The van der Waals surface area contributed by atoms with E-state index in [9.17, 15) is 9.90 Å². The van der Waals surface area contributed by atoms with Gasteiger partial charge in [0.1, 0.15) is 5.82 Å². The van der Waals surface area contributed by atoms with Crippen LogP contribution in [0.3, 0.4) is 0 Å². The number of nitrogens with one attached hydrogen (secondary N) is 2. The van der Waals surface area contributed by atoms with Crippen molar-refractivity contribution in [3.05, 3.63) is 47.0 Å². The maximum atomic E-state index is 12.0. The maximum Gasteiger partial charge on any atom is 0.251 e. The third-order valence-corrected chi connectivity index (χ3v) is 3.29. The minimum absolute atomic E-state index is 0.156. The predicted molar refractivity (Wildman–Crippen MR) is 83.4 cm³/mol. The second-order valence-corrected chi connectivity index (χ2v) is 6.03. The molecule has 0 aliphatic heterocycles. The zero-order valence-electron chi connectivity index (χ0n) is 13.2. The van der Waals surface area contributed by atoms with Gasteiger partial charge in [-0.25, -0.2) is 4.98 Å². The number of carbonyl (C=O) groups is 1. The molecule has 1 heterocycles. The van der Waals surface area contributed by atoms with Gasteiger partial charge in [-0.15, -0.1) is 0 Å². The first-order valence-electron chi connectivity index (χ1n) is 7.31. The third kappa shape index (κ3) is 4.96. The number of aliphatic hydroxyl groups is 1. The molecule has 2 rings (SSSR count). The number of aromatic amines is 1. The first-order chi connectivity index (χ1) is 10.3. The van der Waals surface area contributed by atoms with Crippen LogP contribution in [0.1, 0.15) is 47.8 Å². The average molecular weight is 302 g/mol. The molecular weight excluding hydrogens is 280 g/mol. The number of carbonyl (C=O) groups excluding carboxylic acids is 1. The summed E-state index contributed by atoms with van der Waals surface area (Å²) in [4.78, 5) is 16.2. The Morgan fingerprint density at radius 2 is 2.00 bits per heavy atom. The van der Waals surface area contributed by atoms with E-state index < -0.39 is 5.60 Å². The van der Waals surface area contributed by atoms with Crippen molar-refractivity contribution < 1.29 is 9.90 Å². The van der Waals surface area contributed by atoms with Gasteiger partial charge in [0.05, 0.1) is 12.1 Å². The minimum Gasteiger partial charge on any atom is -0.390 e. The largest absolute Gasteiger partial charge is 0.390 e. The van der Waals surface area contributed by atoms with Crippen LogP contribution in [0.4, 0.5) is 0 Å². The second kappa shape index (κ2) is 6.70. The van der Waals surface area contributed by atoms with E-state index in [0.717, 1.165) is 17.8 Å². The lowest BCUT2D eigenvalue weighted by Crippen LogP contribution is -2.23. The van der Waals surface area contributed by atoms with Crippen molar-refractivity contribution in [3.8, 4) is 0 Å². The van der Waals surface area contributed by atoms with Gasteiger partial charge in [0.15, 0.2) is 5.82 Å². The summed E-state index contributed by atoms with van der Waals surface area (Å²) in [6, 6.07) is 7.41. The lowest BCUT2D eigenvalue weighted by molar-refractivity contribution is 0.0713. The summed E-state index contributed by atoms with van der Waals surface area (Å²) >= 11 is 0. The highest BCUT2D eigenvalue weighted by atomic mass is 16.3. The van der Waals surface area contributed by atoms with E-state index in [1.807, 2.05) is 19.1 Å². The van der Waals surface area contributed by atoms with Crippen molar-refractivity contribution in [2.45, 2.75) is 45.8 Å². The van der Waals surface area contributed by atoms with Crippen LogP contribution in [0.2, 0.25) is 0 Å².